The topological polar surface area (TPSA) is 105 Å². The van der Waals surface area contributed by atoms with Gasteiger partial charge in [0.05, 0.1) is 27.4 Å². The Morgan fingerprint density at radius 1 is 0.600 bits per heavy atom. The molecule has 8 heteroatoms. The molecule has 20 heavy (non-hydrogen) atoms. The molecule has 0 saturated heterocycles. The molecule has 0 amide bonds. The Balaban J connectivity index is 2.17. The molecule has 10 bridgehead atoms. The summed E-state index contributed by atoms with van der Waals surface area (Å²) >= 11 is 0. The van der Waals surface area contributed by atoms with E-state index in [0.717, 1.165) is 32.7 Å². The molecule has 8 nitrogen and oxygen atoms in total. The number of nitrogens with one attached hydrogen (secondary N) is 2. The van der Waals surface area contributed by atoms with Crippen LogP contribution in [-0.4, -0.2) is 34.9 Å². The van der Waals surface area contributed by atoms with Crippen LogP contribution in [-0.2, 0) is 0 Å². The molecule has 2 N–H and O–H groups in total. The molecule has 0 spiro atoms. The highest BCUT2D eigenvalue weighted by Gasteiger charge is 2.29. The van der Waals surface area contributed by atoms with Gasteiger partial charge in [-0.1, -0.05) is 0 Å². The number of hydrogen-bond donors (Lipinski definition) is 2. The molecular weight excluding hydrogens is 256 g/mol. The molecule has 1 aliphatic heterocycles. The highest BCUT2D eigenvalue weighted by molar-refractivity contribution is 6.36. The van der Waals surface area contributed by atoms with E-state index >= 15 is 0 Å². The van der Waals surface area contributed by atoms with Crippen molar-refractivity contribution in [2.75, 3.05) is 5.32 Å². The fourth-order valence-corrected chi connectivity index (χ4v) is 3.43. The summed E-state index contributed by atoms with van der Waals surface area (Å²) in [6, 6.07) is 0. The Morgan fingerprint density at radius 2 is 1.30 bits per heavy atom. The summed E-state index contributed by atoms with van der Waals surface area (Å²) in [6.07, 6.45) is 0. The SMILES string of the molecule is n1c2nc3nc1c1c4c3c3c5nc(nc(n5)c3c1[nH]2)N4. The van der Waals surface area contributed by atoms with Crippen LogP contribution >= 0.6 is 0 Å². The highest BCUT2D eigenvalue weighted by atomic mass is 15.2. The Bertz CT molecular complexity index is 1310. The van der Waals surface area contributed by atoms with E-state index in [-0.39, 0.29) is 0 Å². The summed E-state index contributed by atoms with van der Waals surface area (Å²) in [6.45, 7) is 0. The monoisotopic (exact) mass is 258 g/mol. The summed E-state index contributed by atoms with van der Waals surface area (Å²) in [5.74, 6) is 1.16. The number of nitrogens with zero attached hydrogens (tertiary/aromatic N) is 6. The van der Waals surface area contributed by atoms with Crippen molar-refractivity contribution in [1.82, 2.24) is 34.9 Å². The predicted molar refractivity (Wildman–Crippen MR) is 71.9 cm³/mol. The molecular formula is C12H2N8. The molecule has 1 aromatic carbocycles. The van der Waals surface area contributed by atoms with Gasteiger partial charge in [-0.25, -0.2) is 9.97 Å². The average Bonchev–Trinajstić information content (AvgIpc) is 2.63. The van der Waals surface area contributed by atoms with Gasteiger partial charge in [0.25, 0.3) is 0 Å². The first kappa shape index (κ1) is 8.10. The van der Waals surface area contributed by atoms with Crippen LogP contribution in [0.1, 0.15) is 0 Å². The van der Waals surface area contributed by atoms with Gasteiger partial charge in [-0.3, -0.25) is 0 Å². The normalized spacial score (nSPS) is 14.4. The van der Waals surface area contributed by atoms with Crippen molar-refractivity contribution in [3.63, 3.8) is 0 Å². The van der Waals surface area contributed by atoms with Crippen molar-refractivity contribution in [2.45, 2.75) is 0 Å². The Morgan fingerprint density at radius 3 is 2.15 bits per heavy atom. The summed E-state index contributed by atoms with van der Waals surface area (Å²) in [5.41, 5.74) is 4.64. The van der Waals surface area contributed by atoms with Crippen molar-refractivity contribution in [3.05, 3.63) is 0 Å². The number of benzene rings is 1. The molecule has 0 unspecified atom stereocenters. The van der Waals surface area contributed by atoms with Gasteiger partial charge in [0, 0.05) is 5.39 Å². The van der Waals surface area contributed by atoms with Gasteiger partial charge in [-0.2, -0.15) is 19.9 Å². The first-order chi connectivity index (χ1) is 9.87. The zero-order valence-electron chi connectivity index (χ0n) is 9.68. The van der Waals surface area contributed by atoms with Gasteiger partial charge in [-0.15, -0.1) is 0 Å². The quantitative estimate of drug-likeness (QED) is 0.424. The Hall–Kier alpha value is -3.16. The molecule has 7 rings (SSSR count). The van der Waals surface area contributed by atoms with Gasteiger partial charge >= 0.3 is 0 Å². The van der Waals surface area contributed by atoms with Crippen LogP contribution in [0.5, 0.6) is 0 Å². The van der Waals surface area contributed by atoms with Crippen LogP contribution in [0.2, 0.25) is 0 Å². The van der Waals surface area contributed by atoms with Crippen molar-refractivity contribution < 1.29 is 0 Å². The van der Waals surface area contributed by atoms with Crippen molar-refractivity contribution in [2.24, 2.45) is 0 Å². The number of rotatable bonds is 0. The number of fused-ring (bicyclic) bond motifs is 6. The van der Waals surface area contributed by atoms with Crippen LogP contribution in [0.3, 0.4) is 0 Å². The van der Waals surface area contributed by atoms with E-state index in [1.54, 1.807) is 0 Å². The smallest absolute Gasteiger partial charge is 0.231 e. The summed E-state index contributed by atoms with van der Waals surface area (Å²) in [4.78, 5) is 30.0. The minimum Gasteiger partial charge on any atom is -0.323 e. The third-order valence-corrected chi connectivity index (χ3v) is 4.14. The average molecular weight is 258 g/mol. The van der Waals surface area contributed by atoms with Crippen LogP contribution < -0.4 is 5.32 Å². The number of H-pyrrole nitrogens is 1. The standard InChI is InChI=1S/C12H2N8/c13-6-3-1-2(8-15-7(1)17-11(13)18-8)5-4(6)10-16-9(3)19-12(14-5)20-10/h(H,13,15,17,18)(H,14,16,19,20). The predicted octanol–water partition coefficient (Wildman–Crippen LogP) is 1.52. The van der Waals surface area contributed by atoms with Crippen LogP contribution in [0.15, 0.2) is 0 Å². The Kier molecular flexibility index (Phi) is 0.847. The molecule has 0 fully saturated rings. The van der Waals surface area contributed by atoms with Crippen LogP contribution in [0.25, 0.3) is 55.4 Å². The number of hydrogen-bond acceptors (Lipinski definition) is 7. The summed E-state index contributed by atoms with van der Waals surface area (Å²) < 4.78 is 0. The maximum atomic E-state index is 4.52. The summed E-state index contributed by atoms with van der Waals surface area (Å²) in [7, 11) is 0. The summed E-state index contributed by atoms with van der Waals surface area (Å²) in [5, 5.41) is 7.20. The second-order valence-corrected chi connectivity index (χ2v) is 5.11. The van der Waals surface area contributed by atoms with Gasteiger partial charge < -0.3 is 10.3 Å². The van der Waals surface area contributed by atoms with E-state index < -0.39 is 0 Å². The number of anilines is 2. The van der Waals surface area contributed by atoms with Gasteiger partial charge in [-0.05, 0) is 0 Å². The largest absolute Gasteiger partial charge is 0.323 e. The third-order valence-electron chi connectivity index (χ3n) is 4.14. The van der Waals surface area contributed by atoms with Gasteiger partial charge in [0.2, 0.25) is 11.7 Å². The lowest BCUT2D eigenvalue weighted by molar-refractivity contribution is 1.16. The zero-order chi connectivity index (χ0) is 12.6. The van der Waals surface area contributed by atoms with Gasteiger partial charge in [0.15, 0.2) is 22.6 Å². The van der Waals surface area contributed by atoms with E-state index in [9.17, 15) is 0 Å². The maximum Gasteiger partial charge on any atom is 0.231 e. The number of aromatic nitrogens is 7. The minimum absolute atomic E-state index is 0.574. The third kappa shape index (κ3) is 0.600. The molecule has 0 atom stereocenters. The van der Waals surface area contributed by atoms with Crippen molar-refractivity contribution in [1.29, 1.82) is 0 Å². The maximum absolute atomic E-state index is 4.52. The molecule has 6 heterocycles. The minimum atomic E-state index is 0.574. The molecule has 0 aliphatic carbocycles. The fourth-order valence-electron chi connectivity index (χ4n) is 3.43. The zero-order valence-corrected chi connectivity index (χ0v) is 9.68. The second kappa shape index (κ2) is 2.09. The molecule has 0 saturated carbocycles. The molecule has 6 aromatic rings. The molecule has 5 aromatic heterocycles. The van der Waals surface area contributed by atoms with E-state index in [1.165, 1.54) is 0 Å². The number of pyridine rings is 1. The number of aromatic amines is 1. The van der Waals surface area contributed by atoms with Crippen molar-refractivity contribution >= 4 is 67.1 Å². The molecule has 1 aliphatic rings. The molecule has 0 radical (unpaired) electrons. The van der Waals surface area contributed by atoms with Gasteiger partial charge in [0.1, 0.15) is 0 Å². The Labute approximate surface area is 108 Å². The first-order valence-electron chi connectivity index (χ1n) is 6.18. The second-order valence-electron chi connectivity index (χ2n) is 5.11. The highest BCUT2D eigenvalue weighted by Crippen LogP contribution is 2.47. The lowest BCUT2D eigenvalue weighted by Gasteiger charge is -2.17. The van der Waals surface area contributed by atoms with E-state index in [4.69, 9.17) is 0 Å². The van der Waals surface area contributed by atoms with E-state index in [0.29, 0.717) is 34.3 Å². The van der Waals surface area contributed by atoms with E-state index in [1.807, 2.05) is 0 Å². The van der Waals surface area contributed by atoms with Crippen molar-refractivity contribution in [3.8, 4) is 0 Å². The van der Waals surface area contributed by atoms with Crippen LogP contribution in [0.4, 0.5) is 11.6 Å². The lowest BCUT2D eigenvalue weighted by atomic mass is 10.0. The first-order valence-corrected chi connectivity index (χ1v) is 6.18. The molecule has 90 valence electrons. The lowest BCUT2D eigenvalue weighted by Crippen LogP contribution is -2.06. The van der Waals surface area contributed by atoms with E-state index in [2.05, 4.69) is 40.2 Å². The fraction of sp³-hybridized carbons (Fsp3) is 0. The van der Waals surface area contributed by atoms with Crippen LogP contribution in [0, 0.1) is 0 Å².